The minimum atomic E-state index is -0.562. The highest BCUT2D eigenvalue weighted by atomic mass is 32.1. The molecule has 0 saturated carbocycles. The van der Waals surface area contributed by atoms with Crippen LogP contribution in [0, 0.1) is 0 Å². The fourth-order valence-electron chi connectivity index (χ4n) is 4.81. The maximum Gasteiger partial charge on any atom is 0.228 e. The largest absolute Gasteiger partial charge is 0.457 e. The van der Waals surface area contributed by atoms with Gasteiger partial charge in [0.2, 0.25) is 5.91 Å². The zero-order valence-corrected chi connectivity index (χ0v) is 20.8. The van der Waals surface area contributed by atoms with Crippen LogP contribution < -0.4 is 10.1 Å². The van der Waals surface area contributed by atoms with Crippen molar-refractivity contribution >= 4 is 22.4 Å². The molecule has 2 aromatic carbocycles. The maximum atomic E-state index is 12.4. The lowest BCUT2D eigenvalue weighted by Crippen LogP contribution is -2.55. The summed E-state index contributed by atoms with van der Waals surface area (Å²) in [6.07, 6.45) is 2.69. The highest BCUT2D eigenvalue weighted by Crippen LogP contribution is 2.30. The van der Waals surface area contributed by atoms with Gasteiger partial charge in [0.25, 0.3) is 0 Å². The molecular weight excluding hydrogens is 478 g/mol. The molecule has 0 radical (unpaired) electrons. The van der Waals surface area contributed by atoms with E-state index in [2.05, 4.69) is 27.3 Å². The van der Waals surface area contributed by atoms with Crippen LogP contribution in [-0.4, -0.2) is 65.0 Å². The van der Waals surface area contributed by atoms with E-state index < -0.39 is 6.10 Å². The molecule has 2 aliphatic rings. The predicted octanol–water partition coefficient (Wildman–Crippen LogP) is 4.07. The number of hydrogen-bond acceptors (Lipinski definition) is 8. The van der Waals surface area contributed by atoms with E-state index in [9.17, 15) is 9.90 Å². The number of hydrogen-bond donors (Lipinski definition) is 2. The smallest absolute Gasteiger partial charge is 0.228 e. The molecule has 0 aliphatic carbocycles. The Labute approximate surface area is 214 Å². The van der Waals surface area contributed by atoms with Crippen LogP contribution in [-0.2, 0) is 20.8 Å². The van der Waals surface area contributed by atoms with Gasteiger partial charge in [-0.05, 0) is 42.7 Å². The summed E-state index contributed by atoms with van der Waals surface area (Å²) in [5.41, 5.74) is 1.13. The van der Waals surface area contributed by atoms with Crippen LogP contribution in [0.3, 0.4) is 0 Å². The molecule has 1 amide bonds. The fourth-order valence-corrected chi connectivity index (χ4v) is 5.36. The first-order chi connectivity index (χ1) is 17.6. The van der Waals surface area contributed by atoms with Gasteiger partial charge in [-0.1, -0.05) is 30.3 Å². The summed E-state index contributed by atoms with van der Waals surface area (Å²) < 4.78 is 18.0. The number of rotatable bonds is 7. The van der Waals surface area contributed by atoms with Crippen molar-refractivity contribution in [2.75, 3.05) is 25.1 Å². The van der Waals surface area contributed by atoms with Gasteiger partial charge in [-0.15, -0.1) is 11.3 Å². The van der Waals surface area contributed by atoms with E-state index in [0.29, 0.717) is 24.8 Å². The average Bonchev–Trinajstić information content (AvgIpc) is 3.38. The lowest BCUT2D eigenvalue weighted by atomic mass is 9.94. The van der Waals surface area contributed by atoms with Gasteiger partial charge < -0.3 is 24.6 Å². The number of carbonyl (C=O) groups is 1. The van der Waals surface area contributed by atoms with Gasteiger partial charge in [0.15, 0.2) is 5.13 Å². The van der Waals surface area contributed by atoms with Crippen LogP contribution in [0.4, 0.5) is 5.13 Å². The van der Waals surface area contributed by atoms with Crippen LogP contribution in [0.1, 0.15) is 24.8 Å². The third-order valence-corrected chi connectivity index (χ3v) is 7.16. The number of aromatic nitrogens is 1. The van der Waals surface area contributed by atoms with Crippen LogP contribution in [0.2, 0.25) is 0 Å². The number of aliphatic hydroxyl groups is 1. The lowest BCUT2D eigenvalue weighted by molar-refractivity contribution is -0.156. The summed E-state index contributed by atoms with van der Waals surface area (Å²) in [5.74, 6) is 1.49. The Morgan fingerprint density at radius 2 is 1.92 bits per heavy atom. The predicted molar refractivity (Wildman–Crippen MR) is 137 cm³/mol. The van der Waals surface area contributed by atoms with E-state index in [0.717, 1.165) is 29.9 Å². The Bertz CT molecular complexity index is 1100. The monoisotopic (exact) mass is 509 g/mol. The van der Waals surface area contributed by atoms with Crippen LogP contribution in [0.5, 0.6) is 11.5 Å². The molecule has 0 spiro atoms. The quantitative estimate of drug-likeness (QED) is 0.496. The number of aliphatic hydroxyl groups excluding tert-OH is 1. The second-order valence-electron chi connectivity index (χ2n) is 9.21. The number of anilines is 1. The van der Waals surface area contributed by atoms with Crippen molar-refractivity contribution < 1.29 is 24.1 Å². The SMILES string of the molecule is O=C(C[C@H]1CC[C@H]2[C@@H](COC[C@H](O)CN2Cc2ccc(Oc3ccccc3)cc2)O1)Nc1nccs1. The van der Waals surface area contributed by atoms with Crippen LogP contribution in [0.25, 0.3) is 0 Å². The number of fused-ring (bicyclic) bond motifs is 1. The third kappa shape index (κ3) is 6.68. The van der Waals surface area contributed by atoms with Gasteiger partial charge in [-0.25, -0.2) is 4.98 Å². The molecule has 3 heterocycles. The van der Waals surface area contributed by atoms with E-state index in [1.807, 2.05) is 47.8 Å². The highest BCUT2D eigenvalue weighted by molar-refractivity contribution is 7.13. The van der Waals surface area contributed by atoms with E-state index in [1.54, 1.807) is 6.20 Å². The van der Waals surface area contributed by atoms with Gasteiger partial charge in [0.1, 0.15) is 11.5 Å². The lowest BCUT2D eigenvalue weighted by Gasteiger charge is -2.44. The molecule has 2 fully saturated rings. The van der Waals surface area contributed by atoms with E-state index in [1.165, 1.54) is 11.3 Å². The van der Waals surface area contributed by atoms with Crippen molar-refractivity contribution in [3.63, 3.8) is 0 Å². The maximum absolute atomic E-state index is 12.4. The second-order valence-corrected chi connectivity index (χ2v) is 10.1. The number of para-hydroxylation sites is 1. The third-order valence-electron chi connectivity index (χ3n) is 6.47. The van der Waals surface area contributed by atoms with E-state index in [-0.39, 0.29) is 37.2 Å². The molecule has 8 nitrogen and oxygen atoms in total. The summed E-state index contributed by atoms with van der Waals surface area (Å²) in [5, 5.41) is 15.7. The molecule has 9 heteroatoms. The number of nitrogens with zero attached hydrogens (tertiary/aromatic N) is 2. The van der Waals surface area contributed by atoms with Crippen molar-refractivity contribution in [3.8, 4) is 11.5 Å². The fraction of sp³-hybridized carbons (Fsp3) is 0.407. The van der Waals surface area contributed by atoms with E-state index >= 15 is 0 Å². The number of β-amino-alcohol motifs (C(OH)–C–C–N with tert-alkyl or cyclic N) is 1. The number of thiazole rings is 1. The van der Waals surface area contributed by atoms with Gasteiger partial charge in [0, 0.05) is 30.7 Å². The van der Waals surface area contributed by atoms with Gasteiger partial charge in [-0.2, -0.15) is 0 Å². The van der Waals surface area contributed by atoms with Crippen molar-refractivity contribution in [1.29, 1.82) is 0 Å². The topological polar surface area (TPSA) is 93.2 Å². The van der Waals surface area contributed by atoms with Gasteiger partial charge in [-0.3, -0.25) is 9.69 Å². The summed E-state index contributed by atoms with van der Waals surface area (Å²) >= 11 is 1.40. The standard InChI is InChI=1S/C27H31N3O5S/c31-20-16-30(15-19-6-8-22(9-7-19)34-21-4-2-1-3-5-21)24-11-10-23(35-25(24)18-33-17-20)14-26(32)29-27-28-12-13-36-27/h1-9,12-13,20,23-25,31H,10-11,14-18H2,(H,28,29,32)/t20-,23-,24+,25-/m1/s1. The zero-order valence-electron chi connectivity index (χ0n) is 20.0. The van der Waals surface area contributed by atoms with Crippen molar-refractivity contribution in [3.05, 3.63) is 71.7 Å². The minimum absolute atomic E-state index is 0.0924. The van der Waals surface area contributed by atoms with Crippen molar-refractivity contribution in [2.24, 2.45) is 0 Å². The van der Waals surface area contributed by atoms with Crippen molar-refractivity contribution in [1.82, 2.24) is 9.88 Å². The molecule has 0 bridgehead atoms. The van der Waals surface area contributed by atoms with E-state index in [4.69, 9.17) is 14.2 Å². The summed E-state index contributed by atoms with van der Waals surface area (Å²) in [4.78, 5) is 18.8. The molecular formula is C27H31N3O5S. The molecule has 0 unspecified atom stereocenters. The zero-order chi connectivity index (χ0) is 24.7. The number of amides is 1. The van der Waals surface area contributed by atoms with Crippen LogP contribution in [0.15, 0.2) is 66.2 Å². The molecule has 4 atom stereocenters. The number of ether oxygens (including phenoxy) is 3. The molecule has 1 aromatic heterocycles. The molecule has 190 valence electrons. The Kier molecular flexibility index (Phi) is 8.25. The first-order valence-electron chi connectivity index (χ1n) is 12.3. The van der Waals surface area contributed by atoms with Gasteiger partial charge >= 0.3 is 0 Å². The molecule has 2 saturated heterocycles. The highest BCUT2D eigenvalue weighted by Gasteiger charge is 2.38. The van der Waals surface area contributed by atoms with Crippen LogP contribution >= 0.6 is 11.3 Å². The Morgan fingerprint density at radius 1 is 1.11 bits per heavy atom. The average molecular weight is 510 g/mol. The number of benzene rings is 2. The first-order valence-corrected chi connectivity index (χ1v) is 13.2. The minimum Gasteiger partial charge on any atom is -0.457 e. The number of nitrogens with one attached hydrogen (secondary N) is 1. The normalized spacial score (nSPS) is 24.8. The molecule has 36 heavy (non-hydrogen) atoms. The number of carbonyl (C=O) groups excluding carboxylic acids is 1. The Morgan fingerprint density at radius 3 is 2.69 bits per heavy atom. The van der Waals surface area contributed by atoms with Crippen molar-refractivity contribution in [2.45, 2.75) is 50.2 Å². The first kappa shape index (κ1) is 24.9. The molecule has 3 aromatic rings. The molecule has 5 rings (SSSR count). The molecule has 2 aliphatic heterocycles. The summed E-state index contributed by atoms with van der Waals surface area (Å²) in [6.45, 7) is 1.85. The summed E-state index contributed by atoms with van der Waals surface area (Å²) in [6, 6.07) is 17.9. The molecule has 2 N–H and O–H groups in total. The second kappa shape index (κ2) is 11.9. The Balaban J connectivity index is 1.21. The van der Waals surface area contributed by atoms with Gasteiger partial charge in [0.05, 0.1) is 37.9 Å². The summed E-state index contributed by atoms with van der Waals surface area (Å²) in [7, 11) is 0. The Hall–Kier alpha value is -2.82.